The van der Waals surface area contributed by atoms with Crippen molar-refractivity contribution in [1.29, 1.82) is 0 Å². The van der Waals surface area contributed by atoms with Crippen LogP contribution >= 0.6 is 0 Å². The smallest absolute Gasteiger partial charge is 0.330 e. The average Bonchev–Trinajstić information content (AvgIpc) is 3.10. The van der Waals surface area contributed by atoms with E-state index in [1.54, 1.807) is 0 Å². The number of esters is 1. The third-order valence-electron chi connectivity index (χ3n) is 2.65. The molecule has 17 heavy (non-hydrogen) atoms. The highest BCUT2D eigenvalue weighted by Gasteiger charge is 2.43. The Labute approximate surface area is 101 Å². The summed E-state index contributed by atoms with van der Waals surface area (Å²) in [6, 6.07) is 7.61. The summed E-state index contributed by atoms with van der Waals surface area (Å²) in [7, 11) is 0. The standard InChI is InChI=1S/C13H17NO3/c1-3-16-12-8-6-5-7-10(12)14-9-11(14)13(15)17-4-2/h5-8,11H,3-4,9H2,1-2H3. The van der Waals surface area contributed by atoms with Crippen LogP contribution in [0.2, 0.25) is 0 Å². The van der Waals surface area contributed by atoms with Gasteiger partial charge < -0.3 is 14.4 Å². The third kappa shape index (κ3) is 2.52. The molecule has 92 valence electrons. The second-order valence-electron chi connectivity index (χ2n) is 3.82. The Morgan fingerprint density at radius 2 is 2.12 bits per heavy atom. The van der Waals surface area contributed by atoms with Crippen molar-refractivity contribution in [2.45, 2.75) is 19.9 Å². The first-order valence-electron chi connectivity index (χ1n) is 5.93. The van der Waals surface area contributed by atoms with Gasteiger partial charge in [-0.1, -0.05) is 12.1 Å². The maximum Gasteiger partial charge on any atom is 0.330 e. The Hall–Kier alpha value is -1.71. The Bertz CT molecular complexity index is 405. The third-order valence-corrected chi connectivity index (χ3v) is 2.65. The number of rotatable bonds is 5. The highest BCUT2D eigenvalue weighted by atomic mass is 16.5. The van der Waals surface area contributed by atoms with Crippen LogP contribution in [-0.2, 0) is 9.53 Å². The lowest BCUT2D eigenvalue weighted by Gasteiger charge is -2.11. The molecule has 0 radical (unpaired) electrons. The molecule has 0 N–H and O–H groups in total. The van der Waals surface area contributed by atoms with Crippen LogP contribution in [-0.4, -0.2) is 31.8 Å². The zero-order chi connectivity index (χ0) is 12.3. The maximum absolute atomic E-state index is 11.6. The lowest BCUT2D eigenvalue weighted by atomic mass is 10.3. The lowest BCUT2D eigenvalue weighted by Crippen LogP contribution is -2.16. The maximum atomic E-state index is 11.6. The number of para-hydroxylation sites is 2. The molecule has 1 fully saturated rings. The molecule has 0 aliphatic carbocycles. The minimum Gasteiger partial charge on any atom is -0.492 e. The molecule has 1 atom stereocenters. The van der Waals surface area contributed by atoms with Crippen molar-refractivity contribution in [3.05, 3.63) is 24.3 Å². The van der Waals surface area contributed by atoms with Crippen molar-refractivity contribution in [3.8, 4) is 5.75 Å². The summed E-state index contributed by atoms with van der Waals surface area (Å²) in [5.74, 6) is 0.667. The van der Waals surface area contributed by atoms with E-state index in [9.17, 15) is 4.79 Å². The summed E-state index contributed by atoms with van der Waals surface area (Å²) in [5.41, 5.74) is 0.965. The predicted octanol–water partition coefficient (Wildman–Crippen LogP) is 1.84. The summed E-state index contributed by atoms with van der Waals surface area (Å²) < 4.78 is 10.5. The molecule has 1 aromatic carbocycles. The number of ether oxygens (including phenoxy) is 2. The van der Waals surface area contributed by atoms with Gasteiger partial charge in [0, 0.05) is 0 Å². The van der Waals surface area contributed by atoms with Crippen molar-refractivity contribution in [2.24, 2.45) is 0 Å². The summed E-state index contributed by atoms with van der Waals surface area (Å²) in [6.45, 7) is 5.52. The fraction of sp³-hybridized carbons (Fsp3) is 0.462. The lowest BCUT2D eigenvalue weighted by molar-refractivity contribution is -0.142. The fourth-order valence-corrected chi connectivity index (χ4v) is 1.82. The molecule has 0 amide bonds. The normalized spacial score (nSPS) is 17.8. The molecule has 4 nitrogen and oxygen atoms in total. The Morgan fingerprint density at radius 3 is 2.82 bits per heavy atom. The zero-order valence-corrected chi connectivity index (χ0v) is 10.2. The molecule has 1 aromatic rings. The van der Waals surface area contributed by atoms with Gasteiger partial charge in [0.25, 0.3) is 0 Å². The number of hydrogen-bond donors (Lipinski definition) is 0. The van der Waals surface area contributed by atoms with Gasteiger partial charge in [-0.3, -0.25) is 0 Å². The summed E-state index contributed by atoms with van der Waals surface area (Å²) >= 11 is 0. The first-order chi connectivity index (χ1) is 8.27. The van der Waals surface area contributed by atoms with E-state index >= 15 is 0 Å². The van der Waals surface area contributed by atoms with Gasteiger partial charge in [0.05, 0.1) is 25.4 Å². The molecular weight excluding hydrogens is 218 g/mol. The highest BCUT2D eigenvalue weighted by molar-refractivity contribution is 5.87. The van der Waals surface area contributed by atoms with Crippen LogP contribution in [0.4, 0.5) is 5.69 Å². The minimum absolute atomic E-state index is 0.142. The first kappa shape index (κ1) is 11.8. The van der Waals surface area contributed by atoms with Crippen LogP contribution in [0, 0.1) is 0 Å². The molecule has 2 rings (SSSR count). The molecule has 1 unspecified atom stereocenters. The van der Waals surface area contributed by atoms with Crippen LogP contribution in [0.5, 0.6) is 5.75 Å². The average molecular weight is 235 g/mol. The summed E-state index contributed by atoms with van der Waals surface area (Å²) in [5, 5.41) is 0. The molecule has 1 heterocycles. The van der Waals surface area contributed by atoms with Crippen molar-refractivity contribution >= 4 is 11.7 Å². The molecule has 1 saturated heterocycles. The van der Waals surface area contributed by atoms with Gasteiger partial charge in [0.1, 0.15) is 11.8 Å². The fourth-order valence-electron chi connectivity index (χ4n) is 1.82. The molecule has 1 aliphatic heterocycles. The quantitative estimate of drug-likeness (QED) is 0.576. The highest BCUT2D eigenvalue weighted by Crippen LogP contribution is 2.36. The van der Waals surface area contributed by atoms with Crippen molar-refractivity contribution in [2.75, 3.05) is 24.7 Å². The second kappa shape index (κ2) is 5.08. The van der Waals surface area contributed by atoms with E-state index in [1.165, 1.54) is 0 Å². The van der Waals surface area contributed by atoms with Crippen LogP contribution in [0.3, 0.4) is 0 Å². The second-order valence-corrected chi connectivity index (χ2v) is 3.82. The van der Waals surface area contributed by atoms with Crippen molar-refractivity contribution in [3.63, 3.8) is 0 Å². The van der Waals surface area contributed by atoms with Gasteiger partial charge in [0.2, 0.25) is 0 Å². The van der Waals surface area contributed by atoms with Crippen LogP contribution < -0.4 is 9.64 Å². The molecule has 1 aliphatic rings. The Kier molecular flexibility index (Phi) is 3.52. The number of nitrogens with zero attached hydrogens (tertiary/aromatic N) is 1. The number of anilines is 1. The number of hydrogen-bond acceptors (Lipinski definition) is 4. The molecule has 0 bridgehead atoms. The topological polar surface area (TPSA) is 38.5 Å². The van der Waals surface area contributed by atoms with Crippen LogP contribution in [0.25, 0.3) is 0 Å². The zero-order valence-electron chi connectivity index (χ0n) is 10.2. The van der Waals surface area contributed by atoms with E-state index in [2.05, 4.69) is 0 Å². The van der Waals surface area contributed by atoms with Gasteiger partial charge in [0.15, 0.2) is 0 Å². The molecule has 0 spiro atoms. The molecular formula is C13H17NO3. The Morgan fingerprint density at radius 1 is 1.35 bits per heavy atom. The van der Waals surface area contributed by atoms with E-state index in [0.29, 0.717) is 19.8 Å². The van der Waals surface area contributed by atoms with E-state index < -0.39 is 0 Å². The summed E-state index contributed by atoms with van der Waals surface area (Å²) in [6.07, 6.45) is 0. The van der Waals surface area contributed by atoms with E-state index in [1.807, 2.05) is 43.0 Å². The van der Waals surface area contributed by atoms with Gasteiger partial charge in [-0.15, -0.1) is 0 Å². The Balaban J connectivity index is 2.07. The largest absolute Gasteiger partial charge is 0.492 e. The summed E-state index contributed by atoms with van der Waals surface area (Å²) in [4.78, 5) is 13.5. The molecule has 0 saturated carbocycles. The van der Waals surface area contributed by atoms with E-state index in [0.717, 1.165) is 11.4 Å². The van der Waals surface area contributed by atoms with Crippen molar-refractivity contribution in [1.82, 2.24) is 0 Å². The predicted molar refractivity (Wildman–Crippen MR) is 65.4 cm³/mol. The number of carbonyl (C=O) groups excluding carboxylic acids is 1. The van der Waals surface area contributed by atoms with Crippen LogP contribution in [0.15, 0.2) is 24.3 Å². The van der Waals surface area contributed by atoms with Crippen molar-refractivity contribution < 1.29 is 14.3 Å². The van der Waals surface area contributed by atoms with Gasteiger partial charge in [-0.05, 0) is 26.0 Å². The van der Waals surface area contributed by atoms with Gasteiger partial charge in [-0.25, -0.2) is 4.79 Å². The SMILES string of the molecule is CCOC(=O)C1CN1c1ccccc1OCC. The molecule has 4 heteroatoms. The number of carbonyl (C=O) groups is 1. The first-order valence-corrected chi connectivity index (χ1v) is 5.93. The van der Waals surface area contributed by atoms with E-state index in [-0.39, 0.29) is 12.0 Å². The minimum atomic E-state index is -0.154. The number of benzene rings is 1. The monoisotopic (exact) mass is 235 g/mol. The van der Waals surface area contributed by atoms with Gasteiger partial charge in [-0.2, -0.15) is 0 Å². The van der Waals surface area contributed by atoms with E-state index in [4.69, 9.17) is 9.47 Å². The van der Waals surface area contributed by atoms with Gasteiger partial charge >= 0.3 is 5.97 Å². The van der Waals surface area contributed by atoms with Crippen LogP contribution in [0.1, 0.15) is 13.8 Å². The molecule has 0 aromatic heterocycles.